The predicted molar refractivity (Wildman–Crippen MR) is 119 cm³/mol. The minimum atomic E-state index is -3.62. The number of hydrogen-bond donors (Lipinski definition) is 1. The summed E-state index contributed by atoms with van der Waals surface area (Å²) >= 11 is 0. The molecule has 0 radical (unpaired) electrons. The van der Waals surface area contributed by atoms with E-state index >= 15 is 0 Å². The van der Waals surface area contributed by atoms with Crippen LogP contribution in [0.5, 0.6) is 11.5 Å². The van der Waals surface area contributed by atoms with Crippen LogP contribution in [0.1, 0.15) is 41.6 Å². The fourth-order valence-electron chi connectivity index (χ4n) is 3.55. The van der Waals surface area contributed by atoms with Gasteiger partial charge in [-0.25, -0.2) is 8.42 Å². The summed E-state index contributed by atoms with van der Waals surface area (Å²) < 4.78 is 38.6. The standard InChI is InChI=1S/C23H30N2O5S/c1-18-7-8-19(17-22(18)31(27,28)25-14-5-3-4-6-15-25)23(26)24-13-16-30-21-11-9-20(29-2)10-12-21/h7-12,17H,3-6,13-16H2,1-2H3,(H,24,26). The van der Waals surface area contributed by atoms with Gasteiger partial charge in [0.1, 0.15) is 18.1 Å². The average Bonchev–Trinajstić information content (AvgIpc) is 3.07. The van der Waals surface area contributed by atoms with Gasteiger partial charge in [-0.2, -0.15) is 4.31 Å². The first-order valence-corrected chi connectivity index (χ1v) is 12.0. The quantitative estimate of drug-likeness (QED) is 0.629. The Morgan fingerprint density at radius 2 is 1.65 bits per heavy atom. The lowest BCUT2D eigenvalue weighted by Crippen LogP contribution is -2.33. The molecular formula is C23H30N2O5S. The maximum Gasteiger partial charge on any atom is 0.251 e. The molecule has 7 nitrogen and oxygen atoms in total. The molecule has 2 aromatic carbocycles. The van der Waals surface area contributed by atoms with E-state index in [9.17, 15) is 13.2 Å². The van der Waals surface area contributed by atoms with Crippen molar-refractivity contribution < 1.29 is 22.7 Å². The first-order valence-electron chi connectivity index (χ1n) is 10.6. The lowest BCUT2D eigenvalue weighted by Gasteiger charge is -2.21. The van der Waals surface area contributed by atoms with Crippen molar-refractivity contribution in [2.45, 2.75) is 37.5 Å². The summed E-state index contributed by atoms with van der Waals surface area (Å²) in [4.78, 5) is 12.8. The van der Waals surface area contributed by atoms with E-state index in [2.05, 4.69) is 5.32 Å². The molecule has 0 bridgehead atoms. The number of hydrogen-bond acceptors (Lipinski definition) is 5. The molecule has 0 atom stereocenters. The molecule has 8 heteroatoms. The molecule has 0 saturated carbocycles. The van der Waals surface area contributed by atoms with Crippen molar-refractivity contribution in [1.82, 2.24) is 9.62 Å². The first kappa shape index (κ1) is 23.1. The Hall–Kier alpha value is -2.58. The number of nitrogens with one attached hydrogen (secondary N) is 1. The van der Waals surface area contributed by atoms with E-state index in [1.54, 1.807) is 54.7 Å². The molecule has 1 saturated heterocycles. The smallest absolute Gasteiger partial charge is 0.251 e. The molecule has 0 unspecified atom stereocenters. The zero-order valence-corrected chi connectivity index (χ0v) is 18.9. The number of methoxy groups -OCH3 is 1. The molecule has 1 aliphatic heterocycles. The fraction of sp³-hybridized carbons (Fsp3) is 0.435. The molecule has 1 aliphatic rings. The third kappa shape index (κ3) is 5.98. The third-order valence-corrected chi connectivity index (χ3v) is 7.39. The fourth-order valence-corrected chi connectivity index (χ4v) is 5.32. The van der Waals surface area contributed by atoms with Crippen LogP contribution in [0.25, 0.3) is 0 Å². The van der Waals surface area contributed by atoms with Crippen molar-refractivity contribution in [1.29, 1.82) is 0 Å². The highest BCUT2D eigenvalue weighted by Crippen LogP contribution is 2.24. The zero-order chi connectivity index (χ0) is 22.3. The molecule has 0 aliphatic carbocycles. The second-order valence-corrected chi connectivity index (χ2v) is 9.48. The zero-order valence-electron chi connectivity index (χ0n) is 18.1. The number of ether oxygens (including phenoxy) is 2. The topological polar surface area (TPSA) is 84.9 Å². The molecule has 1 N–H and O–H groups in total. The maximum absolute atomic E-state index is 13.2. The highest BCUT2D eigenvalue weighted by Gasteiger charge is 2.27. The molecule has 31 heavy (non-hydrogen) atoms. The van der Waals surface area contributed by atoms with Gasteiger partial charge in [0.15, 0.2) is 0 Å². The van der Waals surface area contributed by atoms with Gasteiger partial charge in [0.25, 0.3) is 5.91 Å². The van der Waals surface area contributed by atoms with Crippen molar-refractivity contribution in [2.24, 2.45) is 0 Å². The monoisotopic (exact) mass is 446 g/mol. The van der Waals surface area contributed by atoms with E-state index < -0.39 is 10.0 Å². The highest BCUT2D eigenvalue weighted by molar-refractivity contribution is 7.89. The van der Waals surface area contributed by atoms with Gasteiger partial charge in [0.2, 0.25) is 10.0 Å². The van der Waals surface area contributed by atoms with E-state index in [-0.39, 0.29) is 10.8 Å². The lowest BCUT2D eigenvalue weighted by molar-refractivity contribution is 0.0946. The van der Waals surface area contributed by atoms with Crippen LogP contribution >= 0.6 is 0 Å². The van der Waals surface area contributed by atoms with Crippen LogP contribution in [0.2, 0.25) is 0 Å². The van der Waals surface area contributed by atoms with Crippen LogP contribution in [-0.2, 0) is 10.0 Å². The SMILES string of the molecule is COc1ccc(OCCNC(=O)c2ccc(C)c(S(=O)(=O)N3CCCCCC3)c2)cc1. The second-order valence-electron chi connectivity index (χ2n) is 7.58. The molecule has 1 amide bonds. The van der Waals surface area contributed by atoms with Crippen LogP contribution in [0, 0.1) is 6.92 Å². The Morgan fingerprint density at radius 1 is 1.00 bits per heavy atom. The number of carbonyl (C=O) groups excluding carboxylic acids is 1. The maximum atomic E-state index is 13.2. The largest absolute Gasteiger partial charge is 0.497 e. The van der Waals surface area contributed by atoms with E-state index in [4.69, 9.17) is 9.47 Å². The number of rotatable bonds is 8. The number of nitrogens with zero attached hydrogens (tertiary/aromatic N) is 1. The van der Waals surface area contributed by atoms with E-state index in [1.807, 2.05) is 0 Å². The molecule has 1 heterocycles. The van der Waals surface area contributed by atoms with Crippen LogP contribution < -0.4 is 14.8 Å². The minimum Gasteiger partial charge on any atom is -0.497 e. The molecule has 0 aromatic heterocycles. The summed E-state index contributed by atoms with van der Waals surface area (Å²) in [7, 11) is -2.02. The molecule has 0 spiro atoms. The first-order chi connectivity index (χ1) is 14.9. The Morgan fingerprint density at radius 3 is 2.29 bits per heavy atom. The molecular weight excluding hydrogens is 416 g/mol. The van der Waals surface area contributed by atoms with Gasteiger partial charge in [0.05, 0.1) is 18.6 Å². The van der Waals surface area contributed by atoms with Crippen LogP contribution in [0.3, 0.4) is 0 Å². The Labute approximate surface area is 184 Å². The highest BCUT2D eigenvalue weighted by atomic mass is 32.2. The van der Waals surface area contributed by atoms with Crippen molar-refractivity contribution in [3.05, 3.63) is 53.6 Å². The number of amides is 1. The van der Waals surface area contributed by atoms with Crippen molar-refractivity contribution in [3.63, 3.8) is 0 Å². The molecule has 2 aromatic rings. The third-order valence-electron chi connectivity index (χ3n) is 5.35. The summed E-state index contributed by atoms with van der Waals surface area (Å²) in [5.74, 6) is 1.09. The van der Waals surface area contributed by atoms with E-state index in [0.29, 0.717) is 43.1 Å². The van der Waals surface area contributed by atoms with Gasteiger partial charge in [-0.3, -0.25) is 4.79 Å². The van der Waals surface area contributed by atoms with E-state index in [1.165, 1.54) is 6.07 Å². The number of carbonyl (C=O) groups is 1. The van der Waals surface area contributed by atoms with Crippen LogP contribution in [0.4, 0.5) is 0 Å². The summed E-state index contributed by atoms with van der Waals surface area (Å²) in [6.45, 7) is 3.41. The van der Waals surface area contributed by atoms with Crippen LogP contribution in [-0.4, -0.2) is 52.0 Å². The van der Waals surface area contributed by atoms with Gasteiger partial charge in [-0.15, -0.1) is 0 Å². The van der Waals surface area contributed by atoms with Crippen molar-refractivity contribution >= 4 is 15.9 Å². The van der Waals surface area contributed by atoms with E-state index in [0.717, 1.165) is 31.4 Å². The lowest BCUT2D eigenvalue weighted by atomic mass is 10.1. The Kier molecular flexibility index (Phi) is 7.92. The van der Waals surface area contributed by atoms with Gasteiger partial charge in [-0.1, -0.05) is 18.9 Å². The summed E-state index contributed by atoms with van der Waals surface area (Å²) in [5, 5.41) is 2.78. The second kappa shape index (κ2) is 10.6. The molecule has 168 valence electrons. The summed E-state index contributed by atoms with van der Waals surface area (Å²) in [6, 6.07) is 12.0. The average molecular weight is 447 g/mol. The molecule has 3 rings (SSSR count). The number of sulfonamides is 1. The summed E-state index contributed by atoms with van der Waals surface area (Å²) in [6.07, 6.45) is 3.83. The Balaban J connectivity index is 1.61. The predicted octanol–water partition coefficient (Wildman–Crippen LogP) is 3.38. The summed E-state index contributed by atoms with van der Waals surface area (Å²) in [5.41, 5.74) is 0.965. The van der Waals surface area contributed by atoms with Crippen molar-refractivity contribution in [2.75, 3.05) is 33.4 Å². The van der Waals surface area contributed by atoms with Gasteiger partial charge < -0.3 is 14.8 Å². The van der Waals surface area contributed by atoms with Gasteiger partial charge in [0, 0.05) is 18.7 Å². The van der Waals surface area contributed by atoms with Gasteiger partial charge in [-0.05, 0) is 61.7 Å². The molecule has 1 fully saturated rings. The van der Waals surface area contributed by atoms with Crippen LogP contribution in [0.15, 0.2) is 47.4 Å². The normalized spacial score (nSPS) is 15.2. The Bertz CT molecular complexity index is 982. The van der Waals surface area contributed by atoms with Crippen molar-refractivity contribution in [3.8, 4) is 11.5 Å². The number of benzene rings is 2. The minimum absolute atomic E-state index is 0.205. The van der Waals surface area contributed by atoms with Gasteiger partial charge >= 0.3 is 0 Å². The number of aryl methyl sites for hydroxylation is 1.